The van der Waals surface area contributed by atoms with Gasteiger partial charge in [-0.1, -0.05) is 12.0 Å². The summed E-state index contributed by atoms with van der Waals surface area (Å²) in [5.41, 5.74) is 2.99. The van der Waals surface area contributed by atoms with Gasteiger partial charge in [0.1, 0.15) is 17.8 Å². The van der Waals surface area contributed by atoms with Gasteiger partial charge in [0.25, 0.3) is 0 Å². The van der Waals surface area contributed by atoms with Crippen molar-refractivity contribution in [1.82, 2.24) is 4.98 Å². The zero-order valence-corrected chi connectivity index (χ0v) is 10.3. The van der Waals surface area contributed by atoms with Crippen molar-refractivity contribution < 1.29 is 0 Å². The minimum Gasteiger partial charge on any atom is -0.245 e. The van der Waals surface area contributed by atoms with Crippen LogP contribution in [-0.2, 0) is 0 Å². The molecule has 0 N–H and O–H groups in total. The van der Waals surface area contributed by atoms with Crippen LogP contribution < -0.4 is 0 Å². The standard InChI is InChI=1S/C16H9N3/c1-12-3-2-4-16(19-12)8-6-13-5-7-14(10-17)15(9-13)11-18/h2-5,7,9H,1H3. The van der Waals surface area contributed by atoms with Crippen LogP contribution in [0.4, 0.5) is 0 Å². The summed E-state index contributed by atoms with van der Waals surface area (Å²) in [5.74, 6) is 5.88. The second-order valence-electron chi connectivity index (χ2n) is 3.90. The molecule has 0 amide bonds. The number of rotatable bonds is 0. The second kappa shape index (κ2) is 5.50. The topological polar surface area (TPSA) is 60.5 Å². The summed E-state index contributed by atoms with van der Waals surface area (Å²) in [4.78, 5) is 4.27. The summed E-state index contributed by atoms with van der Waals surface area (Å²) in [6.45, 7) is 1.90. The van der Waals surface area contributed by atoms with E-state index in [4.69, 9.17) is 10.5 Å². The van der Waals surface area contributed by atoms with Crippen LogP contribution in [0.5, 0.6) is 0 Å². The first-order chi connectivity index (χ1) is 9.22. The Labute approximate surface area is 111 Å². The first kappa shape index (κ1) is 12.4. The van der Waals surface area contributed by atoms with Gasteiger partial charge in [-0.3, -0.25) is 0 Å². The molecule has 0 bridgehead atoms. The summed E-state index contributed by atoms with van der Waals surface area (Å²) in [5, 5.41) is 17.8. The second-order valence-corrected chi connectivity index (χ2v) is 3.90. The third-order valence-corrected chi connectivity index (χ3v) is 2.48. The highest BCUT2D eigenvalue weighted by Crippen LogP contribution is 2.09. The summed E-state index contributed by atoms with van der Waals surface area (Å²) in [7, 11) is 0. The molecule has 1 aromatic carbocycles. The minimum absolute atomic E-state index is 0.339. The summed E-state index contributed by atoms with van der Waals surface area (Å²) < 4.78 is 0. The van der Waals surface area contributed by atoms with Crippen LogP contribution in [0.1, 0.15) is 28.1 Å². The molecule has 2 aromatic rings. The molecule has 3 nitrogen and oxygen atoms in total. The number of hydrogen-bond acceptors (Lipinski definition) is 3. The van der Waals surface area contributed by atoms with Crippen molar-refractivity contribution in [3.63, 3.8) is 0 Å². The molecule has 1 aromatic heterocycles. The van der Waals surface area contributed by atoms with Crippen molar-refractivity contribution in [3.05, 3.63) is 64.5 Å². The molecule has 0 spiro atoms. The summed E-state index contributed by atoms with van der Waals surface area (Å²) in [6, 6.07) is 14.5. The van der Waals surface area contributed by atoms with E-state index >= 15 is 0 Å². The van der Waals surface area contributed by atoms with E-state index in [9.17, 15) is 0 Å². The third kappa shape index (κ3) is 2.97. The minimum atomic E-state index is 0.339. The first-order valence-corrected chi connectivity index (χ1v) is 5.63. The maximum absolute atomic E-state index is 8.93. The van der Waals surface area contributed by atoms with E-state index in [2.05, 4.69) is 16.8 Å². The van der Waals surface area contributed by atoms with E-state index in [0.29, 0.717) is 22.4 Å². The number of benzene rings is 1. The fourth-order valence-corrected chi connectivity index (χ4v) is 1.56. The Balaban J connectivity index is 2.36. The van der Waals surface area contributed by atoms with Crippen molar-refractivity contribution in [3.8, 4) is 24.0 Å². The number of pyridine rings is 1. The SMILES string of the molecule is Cc1cccc(C#Cc2ccc(C#N)c(C#N)c2)n1. The number of nitriles is 2. The van der Waals surface area contributed by atoms with Crippen molar-refractivity contribution in [2.75, 3.05) is 0 Å². The van der Waals surface area contributed by atoms with Gasteiger partial charge in [0, 0.05) is 11.3 Å². The van der Waals surface area contributed by atoms with E-state index in [1.54, 1.807) is 18.2 Å². The van der Waals surface area contributed by atoms with Gasteiger partial charge in [-0.2, -0.15) is 10.5 Å². The monoisotopic (exact) mass is 243 g/mol. The van der Waals surface area contributed by atoms with Crippen LogP contribution in [0, 0.1) is 41.4 Å². The maximum Gasteiger partial charge on any atom is 0.113 e. The van der Waals surface area contributed by atoms with Gasteiger partial charge in [-0.05, 0) is 43.2 Å². The lowest BCUT2D eigenvalue weighted by Crippen LogP contribution is -1.87. The molecule has 0 unspecified atom stereocenters. The molecule has 0 radical (unpaired) electrons. The molecule has 0 atom stereocenters. The molecular formula is C16H9N3. The molecule has 0 aliphatic rings. The highest BCUT2D eigenvalue weighted by Gasteiger charge is 2.00. The quantitative estimate of drug-likeness (QED) is 0.668. The fraction of sp³-hybridized carbons (Fsp3) is 0.0625. The molecule has 2 rings (SSSR count). The number of nitrogens with zero attached hydrogens (tertiary/aromatic N) is 3. The lowest BCUT2D eigenvalue weighted by molar-refractivity contribution is 1.18. The van der Waals surface area contributed by atoms with Gasteiger partial charge in [0.15, 0.2) is 0 Å². The van der Waals surface area contributed by atoms with Crippen LogP contribution >= 0.6 is 0 Å². The van der Waals surface area contributed by atoms with Gasteiger partial charge in [-0.15, -0.1) is 0 Å². The van der Waals surface area contributed by atoms with Gasteiger partial charge < -0.3 is 0 Å². The molecular weight excluding hydrogens is 234 g/mol. The Morgan fingerprint density at radius 1 is 0.947 bits per heavy atom. The first-order valence-electron chi connectivity index (χ1n) is 5.63. The molecule has 1 heterocycles. The molecule has 0 aliphatic carbocycles. The van der Waals surface area contributed by atoms with Gasteiger partial charge in [0.2, 0.25) is 0 Å². The number of aromatic nitrogens is 1. The van der Waals surface area contributed by atoms with Crippen molar-refractivity contribution in [2.24, 2.45) is 0 Å². The fourth-order valence-electron chi connectivity index (χ4n) is 1.56. The predicted octanol–water partition coefficient (Wildman–Crippen LogP) is 2.53. The van der Waals surface area contributed by atoms with E-state index in [1.807, 2.05) is 37.3 Å². The van der Waals surface area contributed by atoms with Crippen LogP contribution in [0.15, 0.2) is 36.4 Å². The van der Waals surface area contributed by atoms with Gasteiger partial charge in [0.05, 0.1) is 11.1 Å². The largest absolute Gasteiger partial charge is 0.245 e. The predicted molar refractivity (Wildman–Crippen MR) is 70.8 cm³/mol. The Morgan fingerprint density at radius 2 is 1.74 bits per heavy atom. The van der Waals surface area contributed by atoms with E-state index in [0.717, 1.165) is 5.69 Å². The summed E-state index contributed by atoms with van der Waals surface area (Å²) >= 11 is 0. The normalized spacial score (nSPS) is 8.79. The lowest BCUT2D eigenvalue weighted by atomic mass is 10.1. The van der Waals surface area contributed by atoms with Crippen LogP contribution in [0.25, 0.3) is 0 Å². The van der Waals surface area contributed by atoms with E-state index < -0.39 is 0 Å². The lowest BCUT2D eigenvalue weighted by Gasteiger charge is -1.95. The zero-order valence-electron chi connectivity index (χ0n) is 10.3. The van der Waals surface area contributed by atoms with Crippen LogP contribution in [0.2, 0.25) is 0 Å². The Bertz CT molecular complexity index is 765. The number of aryl methyl sites for hydroxylation is 1. The molecule has 0 saturated heterocycles. The Kier molecular flexibility index (Phi) is 3.58. The Hall–Kier alpha value is -3.09. The highest BCUT2D eigenvalue weighted by molar-refractivity contribution is 5.52. The third-order valence-electron chi connectivity index (χ3n) is 2.48. The molecule has 0 aliphatic heterocycles. The average Bonchev–Trinajstić information content (AvgIpc) is 2.45. The van der Waals surface area contributed by atoms with Crippen molar-refractivity contribution >= 4 is 0 Å². The zero-order chi connectivity index (χ0) is 13.7. The highest BCUT2D eigenvalue weighted by atomic mass is 14.7. The van der Waals surface area contributed by atoms with Crippen molar-refractivity contribution in [2.45, 2.75) is 6.92 Å². The molecule has 0 saturated carbocycles. The maximum atomic E-state index is 8.93. The molecule has 0 fully saturated rings. The summed E-state index contributed by atoms with van der Waals surface area (Å²) in [6.07, 6.45) is 0. The molecule has 3 heteroatoms. The number of hydrogen-bond donors (Lipinski definition) is 0. The molecule has 88 valence electrons. The van der Waals surface area contributed by atoms with E-state index in [-0.39, 0.29) is 0 Å². The van der Waals surface area contributed by atoms with E-state index in [1.165, 1.54) is 0 Å². The average molecular weight is 243 g/mol. The Morgan fingerprint density at radius 3 is 2.42 bits per heavy atom. The van der Waals surface area contributed by atoms with Crippen LogP contribution in [0.3, 0.4) is 0 Å². The molecule has 19 heavy (non-hydrogen) atoms. The van der Waals surface area contributed by atoms with Crippen molar-refractivity contribution in [1.29, 1.82) is 10.5 Å². The smallest absolute Gasteiger partial charge is 0.113 e. The van der Waals surface area contributed by atoms with Gasteiger partial charge >= 0.3 is 0 Å². The van der Waals surface area contributed by atoms with Gasteiger partial charge in [-0.25, -0.2) is 4.98 Å². The van der Waals surface area contributed by atoms with Crippen LogP contribution in [-0.4, -0.2) is 4.98 Å².